The van der Waals surface area contributed by atoms with Gasteiger partial charge in [-0.25, -0.2) is 27.1 Å². The summed E-state index contributed by atoms with van der Waals surface area (Å²) < 4.78 is 53.1. The van der Waals surface area contributed by atoms with Crippen LogP contribution >= 0.6 is 0 Å². The molecule has 0 radical (unpaired) electrons. The molecule has 0 spiro atoms. The summed E-state index contributed by atoms with van der Waals surface area (Å²) in [6.07, 6.45) is 0. The molecule has 0 heterocycles. The average Bonchev–Trinajstić information content (AvgIpc) is 1.12. The third-order valence-corrected chi connectivity index (χ3v) is 0. The van der Waals surface area contributed by atoms with E-state index >= 15 is 0 Å². The van der Waals surface area contributed by atoms with Gasteiger partial charge in [-0.05, 0) is 0 Å². The molecule has 0 aromatic carbocycles. The van der Waals surface area contributed by atoms with Gasteiger partial charge in [-0.2, -0.15) is 0 Å². The van der Waals surface area contributed by atoms with Gasteiger partial charge >= 0.3 is 45.5 Å². The second kappa shape index (κ2) is 6.71. The Morgan fingerprint density at radius 2 is 0.818 bits per heavy atom. The minimum atomic E-state index is -4.42. The van der Waals surface area contributed by atoms with E-state index in [9.17, 15) is 0 Å². The Morgan fingerprint density at radius 1 is 0.818 bits per heavy atom. The molecule has 0 saturated carbocycles. The molecule has 64 valence electrons. The zero-order chi connectivity index (χ0) is 9.00. The summed E-state index contributed by atoms with van der Waals surface area (Å²) in [7, 11) is -8.83. The van der Waals surface area contributed by atoms with E-state index < -0.39 is 20.6 Å². The summed E-state index contributed by atoms with van der Waals surface area (Å²) in [6.45, 7) is 0. The molecule has 0 aliphatic heterocycles. The van der Waals surface area contributed by atoms with Crippen LogP contribution in [0.15, 0.2) is 0 Å². The molecular weight excluding hydrogens is 276 g/mol. The Morgan fingerprint density at radius 3 is 0.818 bits per heavy atom. The molecule has 4 N–H and O–H groups in total. The van der Waals surface area contributed by atoms with Gasteiger partial charge < -0.3 is 9.11 Å². The number of hydrogen-bond donors (Lipinski definition) is 2. The van der Waals surface area contributed by atoms with Crippen LogP contribution in [0.25, 0.3) is 0 Å². The number of hydrogen-bond acceptors (Lipinski definition) is 6. The van der Waals surface area contributed by atoms with Gasteiger partial charge in [0.1, 0.15) is 0 Å². The number of rotatable bonds is 0. The van der Waals surface area contributed by atoms with Crippen LogP contribution in [-0.4, -0.2) is 71.4 Å². The van der Waals surface area contributed by atoms with Crippen molar-refractivity contribution < 1.29 is 25.9 Å². The van der Waals surface area contributed by atoms with E-state index in [0.717, 1.165) is 0 Å². The topological polar surface area (TPSA) is 166 Å². The molecule has 0 aliphatic carbocycles. The van der Waals surface area contributed by atoms with E-state index in [1.165, 1.54) is 0 Å². The van der Waals surface area contributed by atoms with Gasteiger partial charge in [0, 0.05) is 0 Å². The first-order chi connectivity index (χ1) is 4.00. The van der Waals surface area contributed by atoms with Crippen LogP contribution in [0.2, 0.25) is 0 Å². The summed E-state index contributed by atoms with van der Waals surface area (Å²) in [5.74, 6) is 0. The Labute approximate surface area is 101 Å². The molecule has 0 aromatic heterocycles. The third-order valence-electron chi connectivity index (χ3n) is 0. The van der Waals surface area contributed by atoms with Crippen molar-refractivity contribution in [3.05, 3.63) is 0 Å². The molecule has 8 nitrogen and oxygen atoms in total. The van der Waals surface area contributed by atoms with Crippen LogP contribution < -0.4 is 10.3 Å². The van der Waals surface area contributed by atoms with Crippen molar-refractivity contribution in [3.63, 3.8) is 0 Å². The van der Waals surface area contributed by atoms with E-state index in [1.54, 1.807) is 0 Å². The normalized spacial score (nSPS) is 10.5. The molecule has 0 atom stereocenters. The number of nitrogens with two attached hydrogens (primary N) is 2. The largest absolute Gasteiger partial charge is 2.00 e. The molecule has 0 saturated heterocycles. The molecule has 0 aliphatic rings. The Hall–Kier alpha value is 1.22. The summed E-state index contributed by atoms with van der Waals surface area (Å²) in [5, 5.41) is 7.54. The van der Waals surface area contributed by atoms with Crippen molar-refractivity contribution in [2.45, 2.75) is 0 Å². The fraction of sp³-hybridized carbons (Fsp3) is 0. The zero-order valence-corrected chi connectivity index (χ0v) is 10.2. The van der Waals surface area contributed by atoms with Crippen molar-refractivity contribution in [3.8, 4) is 0 Å². The standard InChI is InChI=1S/2H3NO3S.Sr/c2*1-5(2,3)4;/h2*(H3,1,2,3,4);/q;;+2/p-2. The zero-order valence-electron chi connectivity index (χ0n) is 5.13. The molecule has 0 fully saturated rings. The fourth-order valence-electron chi connectivity index (χ4n) is 0. The van der Waals surface area contributed by atoms with Crippen LogP contribution in [0, 0.1) is 0 Å². The van der Waals surface area contributed by atoms with Crippen LogP contribution in [0.5, 0.6) is 0 Å². The minimum Gasteiger partial charge on any atom is -0.736 e. The van der Waals surface area contributed by atoms with Gasteiger partial charge in [0.2, 0.25) is 0 Å². The molecule has 11 heavy (non-hydrogen) atoms. The van der Waals surface area contributed by atoms with Gasteiger partial charge in [-0.3, -0.25) is 0 Å². The first kappa shape index (κ1) is 18.1. The maximum absolute atomic E-state index is 8.85. The molecule has 0 rings (SSSR count). The summed E-state index contributed by atoms with van der Waals surface area (Å²) >= 11 is 0. The van der Waals surface area contributed by atoms with Gasteiger partial charge in [0.25, 0.3) is 0 Å². The Balaban J connectivity index is -0.000000107. The predicted molar refractivity (Wildman–Crippen MR) is 33.5 cm³/mol. The van der Waals surface area contributed by atoms with Gasteiger partial charge in [-0.15, -0.1) is 0 Å². The van der Waals surface area contributed by atoms with Crippen molar-refractivity contribution in [2.75, 3.05) is 0 Å². The van der Waals surface area contributed by atoms with Gasteiger partial charge in [-0.1, -0.05) is 0 Å². The average molecular weight is 280 g/mol. The Kier molecular flexibility index (Phi) is 11.0. The molecular formula is H4N2O6S2Sr. The predicted octanol–water partition coefficient (Wildman–Crippen LogP) is -3.57. The minimum absolute atomic E-state index is 0. The third kappa shape index (κ3) is 640. The molecule has 0 unspecified atom stereocenters. The van der Waals surface area contributed by atoms with E-state index in [-0.39, 0.29) is 45.5 Å². The molecule has 11 heteroatoms. The molecule has 0 amide bonds. The maximum Gasteiger partial charge on any atom is 2.00 e. The summed E-state index contributed by atoms with van der Waals surface area (Å²) in [5.41, 5.74) is 0. The van der Waals surface area contributed by atoms with E-state index in [4.69, 9.17) is 25.9 Å². The van der Waals surface area contributed by atoms with Crippen LogP contribution in [0.3, 0.4) is 0 Å². The van der Waals surface area contributed by atoms with Crippen molar-refractivity contribution in [1.29, 1.82) is 0 Å². The van der Waals surface area contributed by atoms with Crippen LogP contribution in [0.1, 0.15) is 0 Å². The van der Waals surface area contributed by atoms with Crippen LogP contribution in [0.4, 0.5) is 0 Å². The monoisotopic (exact) mass is 280 g/mol. The van der Waals surface area contributed by atoms with E-state index in [1.807, 2.05) is 0 Å². The molecule has 0 aromatic rings. The van der Waals surface area contributed by atoms with Gasteiger partial charge in [0.05, 0.1) is 0 Å². The maximum atomic E-state index is 8.85. The second-order valence-electron chi connectivity index (χ2n) is 0.986. The molecule has 0 bridgehead atoms. The first-order valence-electron chi connectivity index (χ1n) is 1.47. The second-order valence-corrected chi connectivity index (χ2v) is 2.96. The Bertz CT molecular complexity index is 215. The quantitative estimate of drug-likeness (QED) is 0.343. The smallest absolute Gasteiger partial charge is 0.736 e. The van der Waals surface area contributed by atoms with Gasteiger partial charge in [0.15, 0.2) is 20.6 Å². The fourth-order valence-corrected chi connectivity index (χ4v) is 0. The summed E-state index contributed by atoms with van der Waals surface area (Å²) in [6, 6.07) is 0. The first-order valence-corrected chi connectivity index (χ1v) is 4.41. The van der Waals surface area contributed by atoms with Crippen LogP contribution in [-0.2, 0) is 20.6 Å². The van der Waals surface area contributed by atoms with Crippen molar-refractivity contribution in [2.24, 2.45) is 10.3 Å². The van der Waals surface area contributed by atoms with Crippen molar-refractivity contribution >= 4 is 66.1 Å². The van der Waals surface area contributed by atoms with Crippen molar-refractivity contribution in [1.82, 2.24) is 0 Å². The SMILES string of the molecule is NS(=O)(=O)[O-].NS(=O)(=O)[O-].[Sr+2]. The van der Waals surface area contributed by atoms with E-state index in [0.29, 0.717) is 0 Å². The summed E-state index contributed by atoms with van der Waals surface area (Å²) in [4.78, 5) is 0. The van der Waals surface area contributed by atoms with E-state index in [2.05, 4.69) is 10.3 Å².